The molecule has 2 N–H and O–H groups in total. The maximum Gasteiger partial charge on any atom is 0.345 e. The zero-order valence-electron chi connectivity index (χ0n) is 16.1. The fourth-order valence-corrected chi connectivity index (χ4v) is 3.87. The van der Waals surface area contributed by atoms with Crippen LogP contribution >= 0.6 is 0 Å². The van der Waals surface area contributed by atoms with Gasteiger partial charge < -0.3 is 15.5 Å². The summed E-state index contributed by atoms with van der Waals surface area (Å²) in [5.41, 5.74) is 0.685. The van der Waals surface area contributed by atoms with Crippen LogP contribution in [0.3, 0.4) is 0 Å². The Hall–Kier alpha value is -2.84. The van der Waals surface area contributed by atoms with Crippen LogP contribution in [0.15, 0.2) is 23.1 Å². The number of amides is 2. The molecule has 2 aliphatic heterocycles. The molecule has 2 aliphatic rings. The number of aryl methyl sites for hydroxylation is 2. The summed E-state index contributed by atoms with van der Waals surface area (Å²) in [6, 6.07) is 3.43. The van der Waals surface area contributed by atoms with E-state index in [1.807, 2.05) is 12.1 Å². The highest BCUT2D eigenvalue weighted by molar-refractivity contribution is 5.92. The van der Waals surface area contributed by atoms with Gasteiger partial charge in [-0.15, -0.1) is 0 Å². The van der Waals surface area contributed by atoms with Gasteiger partial charge in [0.1, 0.15) is 5.82 Å². The van der Waals surface area contributed by atoms with E-state index in [1.54, 1.807) is 10.8 Å². The predicted molar refractivity (Wildman–Crippen MR) is 107 cm³/mol. The lowest BCUT2D eigenvalue weighted by molar-refractivity contribution is 0.251. The summed E-state index contributed by atoms with van der Waals surface area (Å²) in [6.07, 6.45) is 7.69. The molecule has 0 atom stereocenters. The van der Waals surface area contributed by atoms with Crippen molar-refractivity contribution in [3.05, 3.63) is 34.6 Å². The van der Waals surface area contributed by atoms with Gasteiger partial charge in [0, 0.05) is 45.3 Å². The van der Waals surface area contributed by atoms with Gasteiger partial charge >= 0.3 is 11.7 Å². The molecule has 2 amide bonds. The molecule has 0 aromatic carbocycles. The largest absolute Gasteiger partial charge is 0.355 e. The van der Waals surface area contributed by atoms with Crippen molar-refractivity contribution in [1.82, 2.24) is 24.6 Å². The topological polar surface area (TPSA) is 97.1 Å². The van der Waals surface area contributed by atoms with Gasteiger partial charge in [-0.3, -0.25) is 4.57 Å². The summed E-state index contributed by atoms with van der Waals surface area (Å²) >= 11 is 0. The normalized spacial score (nSPS) is 16.1. The number of carbonyl (C=O) groups excluding carboxylic acids is 1. The molecule has 2 aromatic rings. The number of urea groups is 1. The number of rotatable bonds is 6. The van der Waals surface area contributed by atoms with E-state index in [-0.39, 0.29) is 11.7 Å². The van der Waals surface area contributed by atoms with E-state index in [2.05, 4.69) is 25.6 Å². The van der Waals surface area contributed by atoms with E-state index < -0.39 is 0 Å². The van der Waals surface area contributed by atoms with Crippen LogP contribution in [0.5, 0.6) is 0 Å². The van der Waals surface area contributed by atoms with Crippen molar-refractivity contribution in [2.45, 2.75) is 51.6 Å². The average molecular weight is 385 g/mol. The number of carbonyl (C=O) groups is 1. The minimum atomic E-state index is -0.259. The molecular weight excluding hydrogens is 358 g/mol. The number of hydrogen-bond donors (Lipinski definition) is 2. The average Bonchev–Trinajstić information content (AvgIpc) is 3.35. The zero-order chi connectivity index (χ0) is 19.3. The molecule has 0 saturated carbocycles. The molecule has 4 heterocycles. The lowest BCUT2D eigenvalue weighted by atomic mass is 10.2. The van der Waals surface area contributed by atoms with Crippen LogP contribution in [-0.4, -0.2) is 45.0 Å². The molecule has 9 nitrogen and oxygen atoms in total. The summed E-state index contributed by atoms with van der Waals surface area (Å²) in [4.78, 5) is 31.2. The Morgan fingerprint density at radius 3 is 2.79 bits per heavy atom. The molecule has 0 spiro atoms. The first-order chi connectivity index (χ1) is 13.7. The van der Waals surface area contributed by atoms with Crippen LogP contribution in [0.4, 0.5) is 16.3 Å². The number of fused-ring (bicyclic) bond motifs is 1. The first-order valence-electron chi connectivity index (χ1n) is 10.1. The maximum absolute atomic E-state index is 12.3. The summed E-state index contributed by atoms with van der Waals surface area (Å²) in [5, 5.41) is 10.2. The number of pyridine rings is 1. The van der Waals surface area contributed by atoms with Crippen LogP contribution in [-0.2, 0) is 19.5 Å². The number of nitrogens with one attached hydrogen (secondary N) is 2. The summed E-state index contributed by atoms with van der Waals surface area (Å²) in [5.74, 6) is 1.71. The fraction of sp³-hybridized carbons (Fsp3) is 0.579. The van der Waals surface area contributed by atoms with Gasteiger partial charge in [0.2, 0.25) is 0 Å². The van der Waals surface area contributed by atoms with E-state index in [0.29, 0.717) is 19.5 Å². The Kier molecular flexibility index (Phi) is 5.59. The second-order valence-corrected chi connectivity index (χ2v) is 7.33. The minimum Gasteiger partial charge on any atom is -0.355 e. The van der Waals surface area contributed by atoms with Crippen molar-refractivity contribution in [3.63, 3.8) is 0 Å². The Morgan fingerprint density at radius 1 is 1.14 bits per heavy atom. The molecule has 1 saturated heterocycles. The quantitative estimate of drug-likeness (QED) is 0.736. The van der Waals surface area contributed by atoms with Crippen LogP contribution in [0.1, 0.15) is 37.9 Å². The van der Waals surface area contributed by atoms with Crippen molar-refractivity contribution >= 4 is 17.5 Å². The first-order valence-corrected chi connectivity index (χ1v) is 10.1. The van der Waals surface area contributed by atoms with E-state index in [1.165, 1.54) is 4.68 Å². The van der Waals surface area contributed by atoms with Crippen LogP contribution < -0.4 is 21.2 Å². The fourth-order valence-electron chi connectivity index (χ4n) is 3.87. The van der Waals surface area contributed by atoms with Crippen molar-refractivity contribution in [2.24, 2.45) is 0 Å². The molecule has 0 unspecified atom stereocenters. The van der Waals surface area contributed by atoms with Gasteiger partial charge in [-0.25, -0.2) is 19.3 Å². The molecule has 0 bridgehead atoms. The molecule has 4 rings (SSSR count). The van der Waals surface area contributed by atoms with Crippen LogP contribution in [0.25, 0.3) is 0 Å². The minimum absolute atomic E-state index is 0.0373. The highest BCUT2D eigenvalue weighted by Gasteiger charge is 2.18. The molecule has 1 fully saturated rings. The molecule has 150 valence electrons. The summed E-state index contributed by atoms with van der Waals surface area (Å²) in [6.45, 7) is 3.68. The van der Waals surface area contributed by atoms with Gasteiger partial charge in [-0.05, 0) is 44.2 Å². The molecular formula is C19H27N7O2. The molecule has 0 aliphatic carbocycles. The van der Waals surface area contributed by atoms with Crippen LogP contribution in [0, 0.1) is 0 Å². The smallest absolute Gasteiger partial charge is 0.345 e. The lowest BCUT2D eigenvalue weighted by Crippen LogP contribution is -2.32. The molecule has 9 heteroatoms. The van der Waals surface area contributed by atoms with Crippen molar-refractivity contribution < 1.29 is 4.79 Å². The second kappa shape index (κ2) is 8.45. The summed E-state index contributed by atoms with van der Waals surface area (Å²) < 4.78 is 3.29. The Bertz CT molecular complexity index is 883. The monoisotopic (exact) mass is 385 g/mol. The van der Waals surface area contributed by atoms with Gasteiger partial charge in [0.25, 0.3) is 0 Å². The lowest BCUT2D eigenvalue weighted by Gasteiger charge is -2.20. The first kappa shape index (κ1) is 18.5. The Balaban J connectivity index is 1.27. The summed E-state index contributed by atoms with van der Waals surface area (Å²) in [7, 11) is 0. The van der Waals surface area contributed by atoms with Gasteiger partial charge in [0.15, 0.2) is 5.82 Å². The van der Waals surface area contributed by atoms with E-state index >= 15 is 0 Å². The molecule has 28 heavy (non-hydrogen) atoms. The Morgan fingerprint density at radius 2 is 1.96 bits per heavy atom. The van der Waals surface area contributed by atoms with Gasteiger partial charge in [-0.2, -0.15) is 5.10 Å². The number of hydrogen-bond acceptors (Lipinski definition) is 5. The van der Waals surface area contributed by atoms with E-state index in [9.17, 15) is 9.59 Å². The number of aromatic nitrogens is 4. The third kappa shape index (κ3) is 4.02. The molecule has 0 radical (unpaired) electrons. The van der Waals surface area contributed by atoms with Gasteiger partial charge in [0.05, 0.1) is 5.69 Å². The van der Waals surface area contributed by atoms with E-state index in [0.717, 1.165) is 69.1 Å². The maximum atomic E-state index is 12.3. The standard InChI is InChI=1S/C19H27N7O2/c27-18(22-15-7-5-9-20-17(15)24-11-3-4-12-24)21-10-6-14-26-19(28)25-13-2-1-8-16(25)23-26/h5,7,9H,1-4,6,8,10-14H2,(H2,21,22,27). The highest BCUT2D eigenvalue weighted by atomic mass is 16.2. The third-order valence-electron chi connectivity index (χ3n) is 5.30. The SMILES string of the molecule is O=C(NCCCn1nc2n(c1=O)CCCC2)Nc1cccnc1N1CCCC1. The number of nitrogens with zero attached hydrogens (tertiary/aromatic N) is 5. The van der Waals surface area contributed by atoms with Crippen molar-refractivity contribution in [1.29, 1.82) is 0 Å². The van der Waals surface area contributed by atoms with Crippen molar-refractivity contribution in [3.8, 4) is 0 Å². The predicted octanol–water partition coefficient (Wildman–Crippen LogP) is 1.59. The van der Waals surface area contributed by atoms with Crippen molar-refractivity contribution in [2.75, 3.05) is 29.9 Å². The van der Waals surface area contributed by atoms with Crippen LogP contribution in [0.2, 0.25) is 0 Å². The third-order valence-corrected chi connectivity index (χ3v) is 5.30. The zero-order valence-corrected chi connectivity index (χ0v) is 16.1. The van der Waals surface area contributed by atoms with E-state index in [4.69, 9.17) is 0 Å². The second-order valence-electron chi connectivity index (χ2n) is 7.33. The Labute approximate surface area is 163 Å². The highest BCUT2D eigenvalue weighted by Crippen LogP contribution is 2.25. The molecule has 2 aromatic heterocycles. The number of anilines is 2. The van der Waals surface area contributed by atoms with Gasteiger partial charge in [-0.1, -0.05) is 0 Å².